The Balaban J connectivity index is 2.18. The van der Waals surface area contributed by atoms with Gasteiger partial charge in [0.15, 0.2) is 0 Å². The van der Waals surface area contributed by atoms with Crippen LogP contribution in [0.2, 0.25) is 0 Å². The third kappa shape index (κ3) is 3.46. The van der Waals surface area contributed by atoms with Gasteiger partial charge in [-0.3, -0.25) is 9.78 Å². The molecule has 20 heavy (non-hydrogen) atoms. The van der Waals surface area contributed by atoms with Gasteiger partial charge in [-0.1, -0.05) is 18.2 Å². The first-order chi connectivity index (χ1) is 9.37. The molecule has 2 rings (SSSR count). The van der Waals surface area contributed by atoms with E-state index in [9.17, 15) is 18.0 Å². The van der Waals surface area contributed by atoms with Crippen molar-refractivity contribution in [2.45, 2.75) is 19.1 Å². The Hall–Kier alpha value is -2.11. The van der Waals surface area contributed by atoms with E-state index in [2.05, 4.69) is 4.98 Å². The van der Waals surface area contributed by atoms with E-state index in [0.29, 0.717) is 0 Å². The second kappa shape index (κ2) is 5.48. The highest BCUT2D eigenvalue weighted by atomic mass is 19.4. The number of hydrogen-bond donors (Lipinski definition) is 0. The molecule has 0 atom stereocenters. The van der Waals surface area contributed by atoms with Gasteiger partial charge in [-0.15, -0.1) is 0 Å². The summed E-state index contributed by atoms with van der Waals surface area (Å²) in [7, 11) is 1.37. The average molecular weight is 282 g/mol. The molecule has 106 valence electrons. The van der Waals surface area contributed by atoms with E-state index in [0.717, 1.165) is 21.2 Å². The van der Waals surface area contributed by atoms with E-state index < -0.39 is 18.5 Å². The predicted octanol–water partition coefficient (Wildman–Crippen LogP) is 3.15. The minimum Gasteiger partial charge on any atom is -0.341 e. The van der Waals surface area contributed by atoms with Crippen LogP contribution in [0.1, 0.15) is 12.0 Å². The molecule has 1 aromatic heterocycles. The number of pyridine rings is 1. The molecule has 3 nitrogen and oxygen atoms in total. The van der Waals surface area contributed by atoms with Gasteiger partial charge in [0.2, 0.25) is 5.91 Å². The van der Waals surface area contributed by atoms with Gasteiger partial charge in [-0.2, -0.15) is 13.2 Å². The minimum absolute atomic E-state index is 0.135. The van der Waals surface area contributed by atoms with Crippen molar-refractivity contribution in [2.24, 2.45) is 0 Å². The van der Waals surface area contributed by atoms with Crippen LogP contribution in [0.5, 0.6) is 0 Å². The molecular weight excluding hydrogens is 269 g/mol. The third-order valence-electron chi connectivity index (χ3n) is 2.96. The molecular formula is C14H13F3N2O. The highest BCUT2D eigenvalue weighted by molar-refractivity contribution is 5.85. The van der Waals surface area contributed by atoms with Crippen LogP contribution >= 0.6 is 0 Å². The normalized spacial score (nSPS) is 11.6. The largest absolute Gasteiger partial charge is 0.397 e. The highest BCUT2D eigenvalue weighted by Gasteiger charge is 2.32. The Morgan fingerprint density at radius 3 is 2.75 bits per heavy atom. The summed E-state index contributed by atoms with van der Waals surface area (Å²) in [5.74, 6) is -0.941. The van der Waals surface area contributed by atoms with E-state index in [4.69, 9.17) is 0 Å². The number of aromatic nitrogens is 1. The number of hydrogen-bond acceptors (Lipinski definition) is 2. The van der Waals surface area contributed by atoms with Crippen molar-refractivity contribution in [3.63, 3.8) is 0 Å². The first-order valence-electron chi connectivity index (χ1n) is 5.99. The molecule has 0 radical (unpaired) electrons. The summed E-state index contributed by atoms with van der Waals surface area (Å²) in [6.45, 7) is 0.135. The van der Waals surface area contributed by atoms with Gasteiger partial charge in [0, 0.05) is 31.4 Å². The Morgan fingerprint density at radius 2 is 2.05 bits per heavy atom. The molecule has 6 heteroatoms. The zero-order chi connectivity index (χ0) is 14.8. The number of halogens is 3. The van der Waals surface area contributed by atoms with Crippen LogP contribution in [-0.4, -0.2) is 29.0 Å². The summed E-state index contributed by atoms with van der Waals surface area (Å²) in [6.07, 6.45) is -2.62. The molecule has 1 amide bonds. The van der Waals surface area contributed by atoms with E-state index in [1.54, 1.807) is 30.6 Å². The summed E-state index contributed by atoms with van der Waals surface area (Å²) < 4.78 is 36.6. The molecule has 0 aliphatic heterocycles. The zero-order valence-electron chi connectivity index (χ0n) is 10.8. The minimum atomic E-state index is -4.48. The molecule has 0 aliphatic carbocycles. The van der Waals surface area contributed by atoms with Crippen molar-refractivity contribution in [1.82, 2.24) is 9.88 Å². The fourth-order valence-electron chi connectivity index (χ4n) is 1.98. The van der Waals surface area contributed by atoms with Crippen LogP contribution in [0.4, 0.5) is 13.2 Å². The first-order valence-corrected chi connectivity index (χ1v) is 5.99. The number of benzene rings is 1. The van der Waals surface area contributed by atoms with Crippen molar-refractivity contribution in [1.29, 1.82) is 0 Å². The summed E-state index contributed by atoms with van der Waals surface area (Å²) in [5, 5.41) is 1.77. The summed E-state index contributed by atoms with van der Waals surface area (Å²) in [5.41, 5.74) is 0.794. The predicted molar refractivity (Wildman–Crippen MR) is 68.9 cm³/mol. The Labute approximate surface area is 114 Å². The van der Waals surface area contributed by atoms with E-state index >= 15 is 0 Å². The maximum Gasteiger partial charge on any atom is 0.397 e. The lowest BCUT2D eigenvalue weighted by atomic mass is 10.1. The van der Waals surface area contributed by atoms with Crippen LogP contribution in [0.15, 0.2) is 36.7 Å². The first kappa shape index (κ1) is 14.3. The molecule has 0 spiro atoms. The molecule has 0 saturated carbocycles. The number of carbonyl (C=O) groups excluding carboxylic acids is 1. The number of fused-ring (bicyclic) bond motifs is 1. The number of carbonyl (C=O) groups is 1. The number of rotatable bonds is 3. The van der Waals surface area contributed by atoms with Crippen LogP contribution in [0.25, 0.3) is 10.8 Å². The van der Waals surface area contributed by atoms with Crippen LogP contribution in [-0.2, 0) is 11.3 Å². The molecule has 0 fully saturated rings. The van der Waals surface area contributed by atoms with Gasteiger partial charge >= 0.3 is 6.18 Å². The zero-order valence-corrected chi connectivity index (χ0v) is 10.8. The second-order valence-corrected chi connectivity index (χ2v) is 4.56. The lowest BCUT2D eigenvalue weighted by Crippen LogP contribution is -2.30. The molecule has 0 saturated heterocycles. The van der Waals surface area contributed by atoms with Crippen molar-refractivity contribution >= 4 is 16.7 Å². The Kier molecular flexibility index (Phi) is 3.92. The topological polar surface area (TPSA) is 33.2 Å². The van der Waals surface area contributed by atoms with Gasteiger partial charge in [0.25, 0.3) is 0 Å². The van der Waals surface area contributed by atoms with Crippen LogP contribution < -0.4 is 0 Å². The van der Waals surface area contributed by atoms with E-state index in [1.807, 2.05) is 6.07 Å². The smallest absolute Gasteiger partial charge is 0.341 e. The molecule has 0 N–H and O–H groups in total. The number of alkyl halides is 3. The van der Waals surface area contributed by atoms with Crippen molar-refractivity contribution < 1.29 is 18.0 Å². The maximum atomic E-state index is 12.2. The van der Waals surface area contributed by atoms with Gasteiger partial charge in [-0.05, 0) is 17.0 Å². The van der Waals surface area contributed by atoms with Crippen molar-refractivity contribution in [2.75, 3.05) is 7.05 Å². The SMILES string of the molecule is CN(Cc1cccc2cnccc12)C(=O)CC(F)(F)F. The average Bonchev–Trinajstić information content (AvgIpc) is 2.37. The fourth-order valence-corrected chi connectivity index (χ4v) is 1.98. The third-order valence-corrected chi connectivity index (χ3v) is 2.96. The van der Waals surface area contributed by atoms with Crippen LogP contribution in [0, 0.1) is 0 Å². The molecule has 0 unspecified atom stereocenters. The highest BCUT2D eigenvalue weighted by Crippen LogP contribution is 2.22. The summed E-state index contributed by atoms with van der Waals surface area (Å²) in [6, 6.07) is 7.23. The van der Waals surface area contributed by atoms with E-state index in [-0.39, 0.29) is 6.54 Å². The van der Waals surface area contributed by atoms with Crippen molar-refractivity contribution in [3.05, 3.63) is 42.2 Å². The van der Waals surface area contributed by atoms with Crippen LogP contribution in [0.3, 0.4) is 0 Å². The number of nitrogens with zero attached hydrogens (tertiary/aromatic N) is 2. The van der Waals surface area contributed by atoms with Gasteiger partial charge < -0.3 is 4.90 Å². The quantitative estimate of drug-likeness (QED) is 0.866. The molecule has 0 aliphatic rings. The summed E-state index contributed by atoms with van der Waals surface area (Å²) >= 11 is 0. The fraction of sp³-hybridized carbons (Fsp3) is 0.286. The van der Waals surface area contributed by atoms with Crippen molar-refractivity contribution in [3.8, 4) is 0 Å². The summed E-state index contributed by atoms with van der Waals surface area (Å²) in [4.78, 5) is 16.6. The standard InChI is InChI=1S/C14H13F3N2O/c1-19(13(20)7-14(15,16)17)9-11-4-2-3-10-8-18-6-5-12(10)11/h2-6,8H,7,9H2,1H3. The monoisotopic (exact) mass is 282 g/mol. The van der Waals surface area contributed by atoms with Gasteiger partial charge in [0.1, 0.15) is 6.42 Å². The molecule has 0 bridgehead atoms. The molecule has 2 aromatic rings. The lowest BCUT2D eigenvalue weighted by Gasteiger charge is -2.19. The van der Waals surface area contributed by atoms with Gasteiger partial charge in [-0.25, -0.2) is 0 Å². The molecule has 1 heterocycles. The Morgan fingerprint density at radius 1 is 1.30 bits per heavy atom. The maximum absolute atomic E-state index is 12.2. The lowest BCUT2D eigenvalue weighted by molar-refractivity contribution is -0.160. The molecule has 1 aromatic carbocycles. The second-order valence-electron chi connectivity index (χ2n) is 4.56. The Bertz CT molecular complexity index is 620. The van der Waals surface area contributed by atoms with Gasteiger partial charge in [0.05, 0.1) is 0 Å². The van der Waals surface area contributed by atoms with E-state index in [1.165, 1.54) is 7.05 Å². The number of amides is 1.